The van der Waals surface area contributed by atoms with Crippen molar-refractivity contribution in [2.24, 2.45) is 0 Å². The van der Waals surface area contributed by atoms with Gasteiger partial charge in [0, 0.05) is 13.1 Å². The summed E-state index contributed by atoms with van der Waals surface area (Å²) in [5.41, 5.74) is 1.35. The first-order chi connectivity index (χ1) is 23.7. The van der Waals surface area contributed by atoms with E-state index in [-0.39, 0.29) is 40.4 Å². The minimum atomic E-state index is -2.66. The number of nitriles is 1. The van der Waals surface area contributed by atoms with Crippen molar-refractivity contribution in [1.29, 1.82) is 5.26 Å². The number of anilines is 3. The first-order valence-electron chi connectivity index (χ1n) is 17.4. The van der Waals surface area contributed by atoms with Crippen LogP contribution in [0.5, 0.6) is 0 Å². The maximum atomic E-state index is 13.6. The molecular weight excluding hydrogens is 675 g/mol. The molecule has 3 aromatic rings. The van der Waals surface area contributed by atoms with Gasteiger partial charge in [-0.3, -0.25) is 9.48 Å². The van der Waals surface area contributed by atoms with Crippen molar-refractivity contribution in [2.45, 2.75) is 103 Å². The summed E-state index contributed by atoms with van der Waals surface area (Å²) < 4.78 is 40.1. The molecule has 5 rings (SSSR count). The molecule has 276 valence electrons. The summed E-state index contributed by atoms with van der Waals surface area (Å²) in [6.45, 7) is 19.4. The number of ether oxygens (including phenoxy) is 1. The monoisotopic (exact) mass is 723 g/mol. The number of benzene rings is 1. The van der Waals surface area contributed by atoms with Crippen molar-refractivity contribution >= 4 is 37.6 Å². The van der Waals surface area contributed by atoms with Crippen LogP contribution in [0.2, 0.25) is 18.1 Å². The van der Waals surface area contributed by atoms with Crippen LogP contribution < -0.4 is 10.2 Å². The summed E-state index contributed by atoms with van der Waals surface area (Å²) in [5.74, 6) is -0.245. The van der Waals surface area contributed by atoms with E-state index in [1.165, 1.54) is 17.3 Å². The van der Waals surface area contributed by atoms with E-state index >= 15 is 0 Å². The van der Waals surface area contributed by atoms with Gasteiger partial charge in [-0.05, 0) is 12.8 Å². The number of halogens is 2. The fourth-order valence-electron chi connectivity index (χ4n) is 6.05. The molecule has 0 saturated carbocycles. The van der Waals surface area contributed by atoms with Gasteiger partial charge in [0.05, 0.1) is 0 Å². The minimum absolute atomic E-state index is 0.0105. The molecule has 1 N–H and O–H groups in total. The molecule has 15 heteroatoms. The van der Waals surface area contributed by atoms with Gasteiger partial charge in [0.1, 0.15) is 6.54 Å². The van der Waals surface area contributed by atoms with Gasteiger partial charge in [-0.2, -0.15) is 5.10 Å². The van der Waals surface area contributed by atoms with E-state index in [4.69, 9.17) is 14.1 Å². The first-order valence-corrected chi connectivity index (χ1v) is 20.8. The zero-order valence-electron chi connectivity index (χ0n) is 31.0. The van der Waals surface area contributed by atoms with Crippen LogP contribution in [0, 0.1) is 11.3 Å². The Morgan fingerprint density at radius 1 is 1.14 bits per heavy atom. The molecular formula is C36H49F2N8O4Si-. The number of amides is 2. The Balaban J connectivity index is 1.54. The molecule has 0 bridgehead atoms. The van der Waals surface area contributed by atoms with Gasteiger partial charge in [0.15, 0.2) is 0 Å². The third-order valence-electron chi connectivity index (χ3n) is 10.1. The second kappa shape index (κ2) is 13.9. The van der Waals surface area contributed by atoms with Crippen molar-refractivity contribution in [3.05, 3.63) is 47.4 Å². The first kappa shape index (κ1) is 37.8. The topological polar surface area (TPSA) is 138 Å². The number of fused-ring (bicyclic) bond motifs is 1. The maximum absolute atomic E-state index is 13.6. The van der Waals surface area contributed by atoms with Crippen molar-refractivity contribution in [3.63, 3.8) is 0 Å². The number of carbonyl (C=O) groups excluding carboxylic acids is 2. The van der Waals surface area contributed by atoms with E-state index in [1.54, 1.807) is 37.8 Å². The third-order valence-corrected chi connectivity index (χ3v) is 15.2. The molecule has 2 amide bonds. The zero-order valence-corrected chi connectivity index (χ0v) is 32.2. The third kappa shape index (κ3) is 8.23. The fraction of sp³-hybridized carbons (Fsp3) is 0.556. The van der Waals surface area contributed by atoms with Crippen molar-refractivity contribution in [1.82, 2.24) is 24.6 Å². The molecule has 12 nitrogen and oxygen atoms in total. The van der Waals surface area contributed by atoms with Crippen LogP contribution in [0.25, 0.3) is 11.3 Å². The Kier molecular flexibility index (Phi) is 10.3. The quantitative estimate of drug-likeness (QED) is 0.227. The molecule has 2 aliphatic heterocycles. The molecule has 0 aliphatic carbocycles. The standard InChI is InChI=1S/C36H49F2N8O4Si/c1-34(2,3)50-33(48)46-21-36(7,22-49-51(8,9)35(4,5)6)25-17-23(16-24(18-39)30(25)46)26-12-13-40-32(41-26)42-27-19-45(20-28(37)38)43-29(27)31(47)44-14-10-11-15-44/h12-13,16-17,19,28,51H,10-11,14-15,20-22H2,1-9H3,(H,40,41,42)/q-1/t36-/m1/s1. The summed E-state index contributed by atoms with van der Waals surface area (Å²) >= 11 is 0. The van der Waals surface area contributed by atoms with Gasteiger partial charge >= 0.3 is 227 Å². The van der Waals surface area contributed by atoms with Crippen LogP contribution in [0.15, 0.2) is 30.6 Å². The Morgan fingerprint density at radius 2 is 1.82 bits per heavy atom. The van der Waals surface area contributed by atoms with Gasteiger partial charge in [-0.1, -0.05) is 0 Å². The summed E-state index contributed by atoms with van der Waals surface area (Å²) in [4.78, 5) is 39.1. The van der Waals surface area contributed by atoms with Crippen molar-refractivity contribution in [2.75, 3.05) is 36.5 Å². The Morgan fingerprint density at radius 3 is 2.43 bits per heavy atom. The van der Waals surface area contributed by atoms with Crippen LogP contribution >= 0.6 is 0 Å². The van der Waals surface area contributed by atoms with E-state index in [2.05, 4.69) is 55.3 Å². The van der Waals surface area contributed by atoms with Gasteiger partial charge in [-0.15, -0.1) is 0 Å². The van der Waals surface area contributed by atoms with E-state index < -0.39 is 38.4 Å². The molecule has 1 fully saturated rings. The summed E-state index contributed by atoms with van der Waals surface area (Å²) in [7, 11) is -2.54. The normalized spacial score (nSPS) is 18.2. The molecule has 1 saturated heterocycles. The van der Waals surface area contributed by atoms with Gasteiger partial charge in [-0.25, -0.2) is 8.78 Å². The number of likely N-dealkylation sites (tertiary alicyclic amines) is 1. The van der Waals surface area contributed by atoms with Crippen LogP contribution in [0.3, 0.4) is 0 Å². The summed E-state index contributed by atoms with van der Waals surface area (Å²) in [6, 6.07) is 7.57. The zero-order chi connectivity index (χ0) is 37.5. The molecule has 0 radical (unpaired) electrons. The van der Waals surface area contributed by atoms with E-state index in [0.717, 1.165) is 23.1 Å². The molecule has 0 spiro atoms. The van der Waals surface area contributed by atoms with Gasteiger partial charge in [0.2, 0.25) is 0 Å². The molecule has 1 aromatic carbocycles. The molecule has 0 unspecified atom stereocenters. The van der Waals surface area contributed by atoms with Gasteiger partial charge in [0.25, 0.3) is 12.3 Å². The van der Waals surface area contributed by atoms with Crippen molar-refractivity contribution in [3.8, 4) is 17.3 Å². The van der Waals surface area contributed by atoms with Crippen molar-refractivity contribution < 1.29 is 27.5 Å². The number of hydrogen-bond donors (Lipinski definition) is 1. The molecule has 51 heavy (non-hydrogen) atoms. The van der Waals surface area contributed by atoms with E-state index in [0.29, 0.717) is 36.6 Å². The van der Waals surface area contributed by atoms with Crippen LogP contribution in [0.1, 0.15) is 82.9 Å². The molecule has 4 heterocycles. The van der Waals surface area contributed by atoms with Gasteiger partial charge < -0.3 is 4.90 Å². The Hall–Kier alpha value is -4.42. The molecule has 2 aliphatic rings. The predicted molar refractivity (Wildman–Crippen MR) is 194 cm³/mol. The second-order valence-corrected chi connectivity index (χ2v) is 22.0. The van der Waals surface area contributed by atoms with E-state index in [1.807, 2.05) is 13.0 Å². The number of alkyl halides is 2. The average molecular weight is 724 g/mol. The Bertz CT molecular complexity index is 1840. The predicted octanol–water partition coefficient (Wildman–Crippen LogP) is 7.22. The van der Waals surface area contributed by atoms with Crippen LogP contribution in [-0.4, -0.2) is 83.2 Å². The summed E-state index contributed by atoms with van der Waals surface area (Å²) in [5, 5.41) is 17.6. The van der Waals surface area contributed by atoms with E-state index in [9.17, 15) is 23.6 Å². The second-order valence-electron chi connectivity index (χ2n) is 16.5. The number of nitrogens with one attached hydrogen (secondary N) is 1. The number of nitrogens with zero attached hydrogens (tertiary/aromatic N) is 7. The Labute approximate surface area is 299 Å². The average Bonchev–Trinajstić information content (AvgIpc) is 3.77. The number of carbonyl (C=O) groups is 2. The number of rotatable bonds is 9. The molecule has 1 atom stereocenters. The number of aromatic nitrogens is 4. The SMILES string of the molecule is CC(C)(C)OC(=O)N1C[C@](C)(CO[SiH-](C)(C)C(C)(C)C)c2cc(-c3ccnc(Nc4cn(CC(F)F)nc4C(=O)N4CCCC4)n3)cc(C#N)c21. The molecule has 2 aromatic heterocycles. The fourth-order valence-corrected chi connectivity index (χ4v) is 7.33. The number of hydrogen-bond acceptors (Lipinski definition) is 9. The van der Waals surface area contributed by atoms with Crippen LogP contribution in [0.4, 0.5) is 30.9 Å². The summed E-state index contributed by atoms with van der Waals surface area (Å²) in [6.07, 6.45) is 1.40. The van der Waals surface area contributed by atoms with Crippen LogP contribution in [-0.2, 0) is 21.1 Å².